The zero-order valence-corrected chi connectivity index (χ0v) is 40.6. The van der Waals surface area contributed by atoms with Gasteiger partial charge in [0.05, 0.1) is 80.9 Å². The highest BCUT2D eigenvalue weighted by molar-refractivity contribution is 9.10. The summed E-state index contributed by atoms with van der Waals surface area (Å²) in [6.45, 7) is 12.1. The Morgan fingerprint density at radius 2 is 1.33 bits per heavy atom. The van der Waals surface area contributed by atoms with Crippen LogP contribution in [0.2, 0.25) is 0 Å². The van der Waals surface area contributed by atoms with Crippen molar-refractivity contribution in [3.8, 4) is 23.0 Å². The highest BCUT2D eigenvalue weighted by atomic mass is 79.9. The number of carbonyl (C=O) groups excluding carboxylic acids is 1. The Kier molecular flexibility index (Phi) is 22.0. The van der Waals surface area contributed by atoms with Crippen LogP contribution in [-0.4, -0.2) is 88.8 Å². The second-order valence-corrected chi connectivity index (χ2v) is 16.6. The quantitative estimate of drug-likeness (QED) is 0.0349. The lowest BCUT2D eigenvalue weighted by molar-refractivity contribution is 0.0832. The predicted molar refractivity (Wildman–Crippen MR) is 257 cm³/mol. The predicted octanol–water partition coefficient (Wildman–Crippen LogP) is 8.02. The Labute approximate surface area is 394 Å². The van der Waals surface area contributed by atoms with Gasteiger partial charge in [0, 0.05) is 42.4 Å². The molecule has 3 heterocycles. The molecule has 1 amide bonds. The van der Waals surface area contributed by atoms with Crippen LogP contribution in [0.25, 0.3) is 11.0 Å². The van der Waals surface area contributed by atoms with Gasteiger partial charge in [0.15, 0.2) is 5.82 Å². The van der Waals surface area contributed by atoms with Crippen molar-refractivity contribution in [2.24, 2.45) is 5.73 Å². The van der Waals surface area contributed by atoms with E-state index in [9.17, 15) is 23.8 Å². The minimum Gasteiger partial charge on any atom is -0.497 e. The van der Waals surface area contributed by atoms with Crippen molar-refractivity contribution in [3.63, 3.8) is 0 Å². The minimum absolute atomic E-state index is 0.0779. The fourth-order valence-corrected chi connectivity index (χ4v) is 6.74. The molecule has 0 aliphatic carbocycles. The van der Waals surface area contributed by atoms with Crippen LogP contribution in [0.5, 0.6) is 23.0 Å². The Balaban J connectivity index is 0.000000289. The highest BCUT2D eigenvalue weighted by Gasteiger charge is 2.27. The number of methoxy groups -OCH3 is 4. The fraction of sp³-hybridized carbons (Fsp3) is 0.426. The molecule has 0 saturated carbocycles. The standard InChI is InChI=1S/C23H30FN5O3.C13H18BrFN2O2.C11H16N2O2/c1-5-6-9-23(2,14-30)29-21-20-18(10-16(24)13-25-20)27-22(28-21)26-12-15-7-8-17(31-3)11-19(15)32-4;1-3-4-5-13(2,8-18)17-12(19)11-10(14)6-9(15)7-16-11;1-8(12)13-7-9-4-5-10(14-2)6-11(9)15-3/h7-8,10-11,13,30H,5-6,9,12,14H2,1-4H3,(H2,26,27,28,29);6-7,18H,3-5,8H2,1-2H3,(H,17,19);4-6,13H,1,7,12H2,2-3H3/t23-;13-;/m11./s1. The molecule has 360 valence electrons. The molecule has 66 heavy (non-hydrogen) atoms. The van der Waals surface area contributed by atoms with Crippen LogP contribution in [0.1, 0.15) is 87.8 Å². The number of aromatic nitrogens is 4. The second-order valence-electron chi connectivity index (χ2n) is 15.7. The average Bonchev–Trinajstić information content (AvgIpc) is 3.31. The van der Waals surface area contributed by atoms with Gasteiger partial charge in [0.1, 0.15) is 45.8 Å². The number of nitrogens with two attached hydrogens (primary N) is 1. The number of unbranched alkanes of at least 4 members (excludes halogenated alkanes) is 2. The summed E-state index contributed by atoms with van der Waals surface area (Å²) in [5.74, 6) is 2.64. The first-order valence-electron chi connectivity index (χ1n) is 21.3. The molecule has 0 fully saturated rings. The molecule has 0 unspecified atom stereocenters. The number of ether oxygens (including phenoxy) is 4. The first-order valence-corrected chi connectivity index (χ1v) is 22.1. The van der Waals surface area contributed by atoms with Crippen molar-refractivity contribution < 1.29 is 42.7 Å². The third kappa shape index (κ3) is 16.7. The summed E-state index contributed by atoms with van der Waals surface area (Å²) in [6, 6.07) is 13.7. The molecule has 0 saturated heterocycles. The largest absolute Gasteiger partial charge is 0.497 e. The van der Waals surface area contributed by atoms with Crippen molar-refractivity contribution in [1.82, 2.24) is 30.6 Å². The lowest BCUT2D eigenvalue weighted by Gasteiger charge is -2.29. The van der Waals surface area contributed by atoms with E-state index in [4.69, 9.17) is 24.7 Å². The van der Waals surface area contributed by atoms with E-state index in [0.717, 1.165) is 67.1 Å². The van der Waals surface area contributed by atoms with Crippen LogP contribution >= 0.6 is 15.9 Å². The van der Waals surface area contributed by atoms with Crippen LogP contribution in [0, 0.1) is 11.6 Å². The van der Waals surface area contributed by atoms with Gasteiger partial charge in [-0.3, -0.25) is 4.79 Å². The molecular formula is C47H64BrF2N9O7. The summed E-state index contributed by atoms with van der Waals surface area (Å²) in [7, 11) is 6.43. The van der Waals surface area contributed by atoms with Crippen molar-refractivity contribution in [2.45, 2.75) is 90.4 Å². The SMILES string of the molecule is C=C(N)NCc1ccc(OC)cc1OC.CCCC[C@](C)(CO)NC(=O)c1ncc(F)cc1Br.CCCC[C@](C)(CO)Nc1nc(NCc2ccc(OC)cc2OC)nc2cc(F)cnc12. The number of hydrogen-bond donors (Lipinski definition) is 7. The van der Waals surface area contributed by atoms with E-state index < -0.39 is 28.6 Å². The number of fused-ring (bicyclic) bond motifs is 1. The van der Waals surface area contributed by atoms with Gasteiger partial charge in [-0.25, -0.2) is 23.7 Å². The smallest absolute Gasteiger partial charge is 0.271 e. The molecule has 2 aromatic carbocycles. The van der Waals surface area contributed by atoms with E-state index in [1.807, 2.05) is 44.2 Å². The fourth-order valence-electron chi connectivity index (χ4n) is 6.24. The summed E-state index contributed by atoms with van der Waals surface area (Å²) in [5, 5.41) is 31.6. The van der Waals surface area contributed by atoms with E-state index in [-0.39, 0.29) is 18.9 Å². The molecule has 19 heteroatoms. The number of pyridine rings is 2. The van der Waals surface area contributed by atoms with Crippen molar-refractivity contribution >= 4 is 44.6 Å². The topological polar surface area (TPSA) is 220 Å². The van der Waals surface area contributed by atoms with Gasteiger partial charge in [-0.05, 0) is 73.0 Å². The first kappa shape index (κ1) is 54.3. The molecule has 8 N–H and O–H groups in total. The number of rotatable bonds is 22. The summed E-state index contributed by atoms with van der Waals surface area (Å²) >= 11 is 3.10. The molecule has 5 rings (SSSR count). The van der Waals surface area contributed by atoms with Crippen molar-refractivity contribution in [3.05, 3.63) is 106 Å². The van der Waals surface area contributed by atoms with Gasteiger partial charge in [-0.1, -0.05) is 46.1 Å². The lowest BCUT2D eigenvalue weighted by Crippen LogP contribution is -2.49. The maximum atomic E-state index is 13.9. The number of carbonyl (C=O) groups is 1. The van der Waals surface area contributed by atoms with E-state index in [2.05, 4.69) is 70.6 Å². The van der Waals surface area contributed by atoms with E-state index in [0.29, 0.717) is 64.1 Å². The number of hydrogen-bond acceptors (Lipinski definition) is 15. The molecule has 5 aromatic rings. The molecular weight excluding hydrogens is 920 g/mol. The van der Waals surface area contributed by atoms with Gasteiger partial charge in [-0.15, -0.1) is 0 Å². The van der Waals surface area contributed by atoms with E-state index in [1.165, 1.54) is 12.1 Å². The van der Waals surface area contributed by atoms with Crippen molar-refractivity contribution in [1.29, 1.82) is 0 Å². The Bertz CT molecular complexity index is 2350. The summed E-state index contributed by atoms with van der Waals surface area (Å²) in [4.78, 5) is 29.0. The van der Waals surface area contributed by atoms with Crippen LogP contribution < -0.4 is 45.9 Å². The minimum atomic E-state index is -0.692. The molecule has 16 nitrogen and oxygen atoms in total. The molecule has 0 spiro atoms. The maximum absolute atomic E-state index is 13.9. The first-order chi connectivity index (χ1) is 31.5. The third-order valence-electron chi connectivity index (χ3n) is 10.2. The van der Waals surface area contributed by atoms with Crippen LogP contribution in [0.3, 0.4) is 0 Å². The number of aliphatic hydroxyl groups excluding tert-OH is 2. The molecule has 0 aliphatic heterocycles. The summed E-state index contributed by atoms with van der Waals surface area (Å²) in [5.41, 5.74) is 6.93. The summed E-state index contributed by atoms with van der Waals surface area (Å²) in [6.07, 6.45) is 7.36. The number of amides is 1. The van der Waals surface area contributed by atoms with Gasteiger partial charge in [0.25, 0.3) is 5.91 Å². The number of anilines is 2. The van der Waals surface area contributed by atoms with Gasteiger partial charge in [0.2, 0.25) is 5.95 Å². The zero-order valence-electron chi connectivity index (χ0n) is 39.0. The number of halogens is 3. The number of aliphatic hydroxyl groups is 2. The van der Waals surface area contributed by atoms with Crippen LogP contribution in [0.15, 0.2) is 77.8 Å². The second kappa shape index (κ2) is 26.8. The summed E-state index contributed by atoms with van der Waals surface area (Å²) < 4.78 is 48.1. The van der Waals surface area contributed by atoms with Crippen LogP contribution in [0.4, 0.5) is 20.5 Å². The number of benzene rings is 2. The van der Waals surface area contributed by atoms with E-state index in [1.54, 1.807) is 41.4 Å². The van der Waals surface area contributed by atoms with Crippen molar-refractivity contribution in [2.75, 3.05) is 52.3 Å². The molecule has 0 bridgehead atoms. The Morgan fingerprint density at radius 1 is 0.788 bits per heavy atom. The number of nitrogens with one attached hydrogen (secondary N) is 4. The van der Waals surface area contributed by atoms with E-state index >= 15 is 0 Å². The average molecular weight is 985 g/mol. The maximum Gasteiger partial charge on any atom is 0.271 e. The molecule has 3 aromatic heterocycles. The van der Waals surface area contributed by atoms with Gasteiger partial charge in [-0.2, -0.15) is 4.98 Å². The van der Waals surface area contributed by atoms with Gasteiger partial charge < -0.3 is 56.2 Å². The zero-order chi connectivity index (χ0) is 48.9. The Morgan fingerprint density at radius 3 is 1.85 bits per heavy atom. The van der Waals surface area contributed by atoms with Gasteiger partial charge >= 0.3 is 0 Å². The number of nitrogens with zero attached hydrogens (tertiary/aromatic N) is 4. The molecule has 2 atom stereocenters. The third-order valence-corrected chi connectivity index (χ3v) is 10.8. The monoisotopic (exact) mass is 983 g/mol. The Hall–Kier alpha value is -6.05. The highest BCUT2D eigenvalue weighted by Crippen LogP contribution is 2.29. The van der Waals surface area contributed by atoms with Crippen LogP contribution in [-0.2, 0) is 13.1 Å². The molecule has 0 radical (unpaired) electrons. The molecule has 0 aliphatic rings. The normalized spacial score (nSPS) is 12.4. The lowest BCUT2D eigenvalue weighted by atomic mass is 9.95.